The number of hydrogen-bond acceptors (Lipinski definition) is 4. The summed E-state index contributed by atoms with van der Waals surface area (Å²) >= 11 is 0. The van der Waals surface area contributed by atoms with E-state index in [1.165, 1.54) is 6.07 Å². The highest BCUT2D eigenvalue weighted by atomic mass is 16.4. The number of carboxylic acids is 1. The molecule has 1 heterocycles. The van der Waals surface area contributed by atoms with Crippen LogP contribution in [0.2, 0.25) is 0 Å². The smallest absolute Gasteiger partial charge is 0.323 e. The molecule has 0 aromatic carbocycles. The molecule has 104 valence electrons. The summed E-state index contributed by atoms with van der Waals surface area (Å²) in [5.41, 5.74) is -0.217. The lowest BCUT2D eigenvalue weighted by Crippen LogP contribution is -2.38. The molecular weight excluding hydrogens is 246 g/mol. The summed E-state index contributed by atoms with van der Waals surface area (Å²) in [6, 6.07) is 1.40. The van der Waals surface area contributed by atoms with Crippen LogP contribution in [0.1, 0.15) is 44.9 Å². The standard InChI is InChI=1S/C13H19N3O3/c1-3-8(2)16(7-12(18)19)10-6-11(17)15-13(14-10)9-4-5-9/h6,8-9H,3-5,7H2,1-2H3,(H,18,19)(H,14,15,17). The van der Waals surface area contributed by atoms with Crippen molar-refractivity contribution in [3.05, 3.63) is 22.2 Å². The van der Waals surface area contributed by atoms with Gasteiger partial charge in [0.15, 0.2) is 0 Å². The van der Waals surface area contributed by atoms with Gasteiger partial charge < -0.3 is 15.0 Å². The SMILES string of the molecule is CCC(C)N(CC(=O)O)c1cc(=O)[nH]c(C2CC2)n1. The van der Waals surface area contributed by atoms with Crippen LogP contribution in [0.3, 0.4) is 0 Å². The second-order valence-corrected chi connectivity index (χ2v) is 5.04. The summed E-state index contributed by atoms with van der Waals surface area (Å²) in [6.45, 7) is 3.77. The van der Waals surface area contributed by atoms with Crippen LogP contribution in [-0.2, 0) is 4.79 Å². The summed E-state index contributed by atoms with van der Waals surface area (Å²) in [5.74, 6) is 0.551. The van der Waals surface area contributed by atoms with E-state index in [4.69, 9.17) is 5.11 Å². The Morgan fingerprint density at radius 2 is 2.32 bits per heavy atom. The van der Waals surface area contributed by atoms with Gasteiger partial charge >= 0.3 is 5.97 Å². The molecule has 1 unspecified atom stereocenters. The number of nitrogens with one attached hydrogen (secondary N) is 1. The summed E-state index contributed by atoms with van der Waals surface area (Å²) in [5, 5.41) is 8.99. The fourth-order valence-electron chi connectivity index (χ4n) is 1.99. The third-order valence-electron chi connectivity index (χ3n) is 3.43. The van der Waals surface area contributed by atoms with Crippen molar-refractivity contribution in [3.63, 3.8) is 0 Å². The van der Waals surface area contributed by atoms with Gasteiger partial charge in [-0.15, -0.1) is 0 Å². The quantitative estimate of drug-likeness (QED) is 0.810. The Kier molecular flexibility index (Phi) is 3.87. The van der Waals surface area contributed by atoms with E-state index in [1.807, 2.05) is 13.8 Å². The molecule has 0 aliphatic heterocycles. The second kappa shape index (κ2) is 5.42. The van der Waals surface area contributed by atoms with Gasteiger partial charge in [-0.3, -0.25) is 9.59 Å². The maximum Gasteiger partial charge on any atom is 0.323 e. The molecule has 1 aliphatic carbocycles. The number of H-pyrrole nitrogens is 1. The normalized spacial score (nSPS) is 16.1. The Morgan fingerprint density at radius 3 is 2.84 bits per heavy atom. The number of anilines is 1. The predicted octanol–water partition coefficient (Wildman–Crippen LogP) is 1.34. The molecular formula is C13H19N3O3. The van der Waals surface area contributed by atoms with Crippen LogP contribution in [0.5, 0.6) is 0 Å². The van der Waals surface area contributed by atoms with E-state index in [0.29, 0.717) is 17.6 Å². The summed E-state index contributed by atoms with van der Waals surface area (Å²) in [4.78, 5) is 31.5. The molecule has 1 aromatic heterocycles. The van der Waals surface area contributed by atoms with Crippen molar-refractivity contribution in [3.8, 4) is 0 Å². The Bertz CT molecular complexity index is 522. The first-order valence-electron chi connectivity index (χ1n) is 6.61. The molecule has 2 N–H and O–H groups in total. The minimum absolute atomic E-state index is 0.0254. The highest BCUT2D eigenvalue weighted by Gasteiger charge is 2.27. The van der Waals surface area contributed by atoms with Crippen LogP contribution in [0.25, 0.3) is 0 Å². The molecule has 0 spiro atoms. The maximum absolute atomic E-state index is 11.7. The summed E-state index contributed by atoms with van der Waals surface area (Å²) < 4.78 is 0. The Morgan fingerprint density at radius 1 is 1.63 bits per heavy atom. The number of aromatic amines is 1. The molecule has 1 fully saturated rings. The fraction of sp³-hybridized carbons (Fsp3) is 0.615. The van der Waals surface area contributed by atoms with Gasteiger partial charge in [-0.05, 0) is 26.2 Å². The van der Waals surface area contributed by atoms with Crippen LogP contribution in [0.15, 0.2) is 10.9 Å². The van der Waals surface area contributed by atoms with E-state index in [2.05, 4.69) is 9.97 Å². The summed E-state index contributed by atoms with van der Waals surface area (Å²) in [6.07, 6.45) is 2.86. The van der Waals surface area contributed by atoms with Crippen molar-refractivity contribution < 1.29 is 9.90 Å². The first-order valence-corrected chi connectivity index (χ1v) is 6.61. The first kappa shape index (κ1) is 13.6. The van der Waals surface area contributed by atoms with E-state index in [1.54, 1.807) is 4.90 Å². The van der Waals surface area contributed by atoms with Gasteiger partial charge in [-0.2, -0.15) is 0 Å². The molecule has 0 bridgehead atoms. The average Bonchev–Trinajstić information content (AvgIpc) is 3.18. The minimum atomic E-state index is -0.921. The number of aromatic nitrogens is 2. The van der Waals surface area contributed by atoms with Crippen LogP contribution in [0.4, 0.5) is 5.82 Å². The monoisotopic (exact) mass is 265 g/mol. The van der Waals surface area contributed by atoms with Crippen molar-refractivity contribution in [2.75, 3.05) is 11.4 Å². The number of carbonyl (C=O) groups is 1. The lowest BCUT2D eigenvalue weighted by atomic mass is 10.2. The van der Waals surface area contributed by atoms with E-state index < -0.39 is 5.97 Å². The summed E-state index contributed by atoms with van der Waals surface area (Å²) in [7, 11) is 0. The van der Waals surface area contributed by atoms with E-state index in [0.717, 1.165) is 19.3 Å². The van der Waals surface area contributed by atoms with Crippen LogP contribution < -0.4 is 10.5 Å². The maximum atomic E-state index is 11.7. The zero-order valence-corrected chi connectivity index (χ0v) is 11.2. The number of aliphatic carboxylic acids is 1. The van der Waals surface area contributed by atoms with Crippen molar-refractivity contribution in [1.29, 1.82) is 0 Å². The third kappa shape index (κ3) is 3.33. The van der Waals surface area contributed by atoms with Gasteiger partial charge in [-0.1, -0.05) is 6.92 Å². The van der Waals surface area contributed by atoms with Gasteiger partial charge in [0.1, 0.15) is 18.2 Å². The Labute approximate surface area is 111 Å². The van der Waals surface area contributed by atoms with E-state index in [9.17, 15) is 9.59 Å². The van der Waals surface area contributed by atoms with Crippen molar-refractivity contribution >= 4 is 11.8 Å². The van der Waals surface area contributed by atoms with Gasteiger partial charge in [-0.25, -0.2) is 4.98 Å². The fourth-order valence-corrected chi connectivity index (χ4v) is 1.99. The van der Waals surface area contributed by atoms with Crippen molar-refractivity contribution in [2.24, 2.45) is 0 Å². The number of nitrogens with zero attached hydrogens (tertiary/aromatic N) is 2. The highest BCUT2D eigenvalue weighted by molar-refractivity contribution is 5.73. The zero-order valence-electron chi connectivity index (χ0n) is 11.2. The third-order valence-corrected chi connectivity index (χ3v) is 3.43. The van der Waals surface area contributed by atoms with E-state index >= 15 is 0 Å². The number of rotatable bonds is 6. The van der Waals surface area contributed by atoms with Crippen LogP contribution in [-0.4, -0.2) is 33.6 Å². The van der Waals surface area contributed by atoms with Gasteiger partial charge in [0.05, 0.1) is 0 Å². The zero-order chi connectivity index (χ0) is 14.0. The first-order chi connectivity index (χ1) is 9.01. The largest absolute Gasteiger partial charge is 0.480 e. The Balaban J connectivity index is 2.34. The molecule has 1 aliphatic rings. The topological polar surface area (TPSA) is 86.3 Å². The number of hydrogen-bond donors (Lipinski definition) is 2. The molecule has 6 nitrogen and oxygen atoms in total. The highest BCUT2D eigenvalue weighted by Crippen LogP contribution is 2.38. The van der Waals surface area contributed by atoms with Crippen LogP contribution >= 0.6 is 0 Å². The molecule has 1 aromatic rings. The molecule has 1 saturated carbocycles. The van der Waals surface area contributed by atoms with Gasteiger partial charge in [0.25, 0.3) is 5.56 Å². The molecule has 19 heavy (non-hydrogen) atoms. The second-order valence-electron chi connectivity index (χ2n) is 5.04. The van der Waals surface area contributed by atoms with Crippen molar-refractivity contribution in [1.82, 2.24) is 9.97 Å². The lowest BCUT2D eigenvalue weighted by molar-refractivity contribution is -0.135. The molecule has 0 amide bonds. The molecule has 2 rings (SSSR count). The predicted molar refractivity (Wildman–Crippen MR) is 71.6 cm³/mol. The van der Waals surface area contributed by atoms with Crippen molar-refractivity contribution in [2.45, 2.75) is 45.1 Å². The van der Waals surface area contributed by atoms with Gasteiger partial charge in [0, 0.05) is 18.0 Å². The molecule has 6 heteroatoms. The minimum Gasteiger partial charge on any atom is -0.480 e. The Hall–Kier alpha value is -1.85. The average molecular weight is 265 g/mol. The van der Waals surface area contributed by atoms with Gasteiger partial charge in [0.2, 0.25) is 0 Å². The lowest BCUT2D eigenvalue weighted by Gasteiger charge is -2.28. The van der Waals surface area contributed by atoms with E-state index in [-0.39, 0.29) is 18.1 Å². The molecule has 0 saturated heterocycles. The number of carboxylic acid groups (broad SMARTS) is 1. The molecule has 0 radical (unpaired) electrons. The molecule has 1 atom stereocenters. The van der Waals surface area contributed by atoms with Crippen LogP contribution in [0, 0.1) is 0 Å².